The molecule has 0 saturated heterocycles. The lowest BCUT2D eigenvalue weighted by Crippen LogP contribution is -2.27. The summed E-state index contributed by atoms with van der Waals surface area (Å²) in [6.07, 6.45) is 1.23. The van der Waals surface area contributed by atoms with E-state index in [0.29, 0.717) is 24.1 Å². The van der Waals surface area contributed by atoms with Gasteiger partial charge >= 0.3 is 5.97 Å². The van der Waals surface area contributed by atoms with Crippen molar-refractivity contribution in [2.75, 3.05) is 6.61 Å². The van der Waals surface area contributed by atoms with Gasteiger partial charge in [0.15, 0.2) is 4.77 Å². The fraction of sp³-hybridized carbons (Fsp3) is 0.300. The molecule has 2 heterocycles. The van der Waals surface area contributed by atoms with Crippen LogP contribution < -0.4 is 5.56 Å². The number of nitrogens with zero attached hydrogens (tertiary/aromatic N) is 3. The first-order chi connectivity index (χ1) is 13.9. The molecule has 0 saturated carbocycles. The molecule has 8 nitrogen and oxygen atoms in total. The first-order valence-electron chi connectivity index (χ1n) is 9.23. The summed E-state index contributed by atoms with van der Waals surface area (Å²) in [6, 6.07) is 7.00. The third kappa shape index (κ3) is 3.61. The molecule has 0 aliphatic rings. The van der Waals surface area contributed by atoms with E-state index in [4.69, 9.17) is 21.4 Å². The van der Waals surface area contributed by atoms with E-state index in [1.807, 2.05) is 6.92 Å². The highest BCUT2D eigenvalue weighted by atomic mass is 32.1. The fourth-order valence-electron chi connectivity index (χ4n) is 3.01. The molecular formula is C20H21N3O5S. The summed E-state index contributed by atoms with van der Waals surface area (Å²) in [4.78, 5) is 29.4. The molecule has 9 heteroatoms. The summed E-state index contributed by atoms with van der Waals surface area (Å²) in [5, 5.41) is 11.1. The van der Waals surface area contributed by atoms with E-state index >= 15 is 0 Å². The summed E-state index contributed by atoms with van der Waals surface area (Å²) in [5.41, 5.74) is 0.199. The van der Waals surface area contributed by atoms with Crippen molar-refractivity contribution in [3.8, 4) is 5.88 Å². The maximum Gasteiger partial charge on any atom is 0.376 e. The Labute approximate surface area is 171 Å². The molecule has 0 radical (unpaired) electrons. The number of aromatic hydroxyl groups is 1. The molecule has 152 valence electrons. The Kier molecular flexibility index (Phi) is 5.97. The smallest absolute Gasteiger partial charge is 0.376 e. The van der Waals surface area contributed by atoms with Crippen molar-refractivity contribution >= 4 is 41.1 Å². The maximum atomic E-state index is 12.8. The minimum atomic E-state index is -0.657. The van der Waals surface area contributed by atoms with Gasteiger partial charge in [-0.15, -0.1) is 0 Å². The van der Waals surface area contributed by atoms with Crippen molar-refractivity contribution in [2.45, 2.75) is 33.9 Å². The van der Waals surface area contributed by atoms with E-state index in [-0.39, 0.29) is 34.3 Å². The Bertz CT molecular complexity index is 1220. The second kappa shape index (κ2) is 8.44. The number of para-hydroxylation sites is 1. The number of hydrogen-bond acceptors (Lipinski definition) is 7. The molecule has 3 rings (SSSR count). The molecule has 3 aromatic rings. The Balaban J connectivity index is 2.22. The molecular weight excluding hydrogens is 394 g/mol. The second-order valence-electron chi connectivity index (χ2n) is 6.07. The lowest BCUT2D eigenvalue weighted by molar-refractivity contribution is 0.0494. The molecule has 29 heavy (non-hydrogen) atoms. The zero-order valence-electron chi connectivity index (χ0n) is 16.3. The van der Waals surface area contributed by atoms with Gasteiger partial charge < -0.3 is 14.3 Å². The summed E-state index contributed by atoms with van der Waals surface area (Å²) >= 11 is 5.28. The topological polar surface area (TPSA) is 99.0 Å². The number of furan rings is 1. The van der Waals surface area contributed by atoms with E-state index in [2.05, 4.69) is 4.99 Å². The number of carbonyl (C=O) groups excluding carboxylic acids is 1. The highest BCUT2D eigenvalue weighted by Crippen LogP contribution is 2.34. The van der Waals surface area contributed by atoms with E-state index in [1.165, 1.54) is 15.3 Å². The van der Waals surface area contributed by atoms with E-state index in [0.717, 1.165) is 0 Å². The zero-order chi connectivity index (χ0) is 21.1. The lowest BCUT2D eigenvalue weighted by Gasteiger charge is -2.13. The molecule has 1 aromatic carbocycles. The number of esters is 1. The van der Waals surface area contributed by atoms with Gasteiger partial charge in [0.05, 0.1) is 6.61 Å². The van der Waals surface area contributed by atoms with E-state index in [1.54, 1.807) is 38.1 Å². The summed E-state index contributed by atoms with van der Waals surface area (Å²) in [5.74, 6) is -1.00. The van der Waals surface area contributed by atoms with Crippen LogP contribution in [-0.4, -0.2) is 33.0 Å². The molecule has 0 unspecified atom stereocenters. The van der Waals surface area contributed by atoms with Crippen LogP contribution in [0.15, 0.2) is 38.5 Å². The van der Waals surface area contributed by atoms with Crippen LogP contribution in [0, 0.1) is 4.77 Å². The van der Waals surface area contributed by atoms with Gasteiger partial charge in [-0.3, -0.25) is 18.9 Å². The number of benzene rings is 1. The average molecular weight is 415 g/mol. The zero-order valence-corrected chi connectivity index (χ0v) is 17.2. The fourth-order valence-corrected chi connectivity index (χ4v) is 3.44. The van der Waals surface area contributed by atoms with Crippen LogP contribution in [0.3, 0.4) is 0 Å². The highest BCUT2D eigenvalue weighted by Gasteiger charge is 2.22. The predicted molar refractivity (Wildman–Crippen MR) is 112 cm³/mol. The van der Waals surface area contributed by atoms with Crippen LogP contribution in [-0.2, 0) is 17.8 Å². The van der Waals surface area contributed by atoms with Crippen molar-refractivity contribution in [1.29, 1.82) is 0 Å². The minimum absolute atomic E-state index is 0.0256. The first-order valence-corrected chi connectivity index (χ1v) is 9.64. The van der Waals surface area contributed by atoms with Crippen molar-refractivity contribution < 1.29 is 19.1 Å². The molecule has 0 bridgehead atoms. The number of aliphatic imine (C=N–C) groups is 1. The number of fused-ring (bicyclic) bond motifs is 1. The van der Waals surface area contributed by atoms with Crippen LogP contribution in [0.25, 0.3) is 11.0 Å². The number of rotatable bonds is 6. The standard InChI is InChI=1S/C20H21N3O5S/c1-4-22-17(24)13(18(25)23(5-2)20(22)29)11-21-15-12-9-7-8-10-14(12)28-16(15)19(26)27-6-3/h7-11,24H,4-6H2,1-3H3. The van der Waals surface area contributed by atoms with E-state index in [9.17, 15) is 14.7 Å². The quantitative estimate of drug-likeness (QED) is 0.373. The number of ether oxygens (including phenoxy) is 1. The Hall–Kier alpha value is -3.20. The van der Waals surface area contributed by atoms with Crippen molar-refractivity contribution in [3.05, 3.63) is 50.7 Å². The van der Waals surface area contributed by atoms with Crippen molar-refractivity contribution in [2.24, 2.45) is 4.99 Å². The molecule has 2 aromatic heterocycles. The Morgan fingerprint density at radius 3 is 2.59 bits per heavy atom. The van der Waals surface area contributed by atoms with Crippen LogP contribution in [0.2, 0.25) is 0 Å². The maximum absolute atomic E-state index is 12.8. The number of aromatic nitrogens is 2. The summed E-state index contributed by atoms with van der Waals surface area (Å²) in [7, 11) is 0. The number of carbonyl (C=O) groups is 1. The van der Waals surface area contributed by atoms with Crippen molar-refractivity contribution in [3.63, 3.8) is 0 Å². The molecule has 0 spiro atoms. The molecule has 0 aliphatic carbocycles. The van der Waals surface area contributed by atoms with Crippen LogP contribution in [0.1, 0.15) is 36.9 Å². The van der Waals surface area contributed by atoms with Crippen molar-refractivity contribution in [1.82, 2.24) is 9.13 Å². The Morgan fingerprint density at radius 2 is 1.93 bits per heavy atom. The largest absolute Gasteiger partial charge is 0.494 e. The third-order valence-electron chi connectivity index (χ3n) is 4.42. The summed E-state index contributed by atoms with van der Waals surface area (Å²) in [6.45, 7) is 6.20. The normalized spacial score (nSPS) is 11.4. The second-order valence-corrected chi connectivity index (χ2v) is 6.43. The highest BCUT2D eigenvalue weighted by molar-refractivity contribution is 7.71. The van der Waals surface area contributed by atoms with Crippen LogP contribution >= 0.6 is 12.2 Å². The van der Waals surface area contributed by atoms with Gasteiger partial charge in [-0.25, -0.2) is 4.79 Å². The van der Waals surface area contributed by atoms with E-state index < -0.39 is 11.5 Å². The molecule has 1 N–H and O–H groups in total. The lowest BCUT2D eigenvalue weighted by atomic mass is 10.2. The monoisotopic (exact) mass is 415 g/mol. The minimum Gasteiger partial charge on any atom is -0.494 e. The Morgan fingerprint density at radius 1 is 1.24 bits per heavy atom. The van der Waals surface area contributed by atoms with Crippen LogP contribution in [0.4, 0.5) is 5.69 Å². The summed E-state index contributed by atoms with van der Waals surface area (Å²) < 4.78 is 13.7. The molecule has 0 fully saturated rings. The van der Waals surface area contributed by atoms with Gasteiger partial charge in [0, 0.05) is 24.7 Å². The third-order valence-corrected chi connectivity index (χ3v) is 4.86. The molecule has 0 aliphatic heterocycles. The first kappa shape index (κ1) is 20.5. The van der Waals surface area contributed by atoms with Gasteiger partial charge in [-0.1, -0.05) is 12.1 Å². The van der Waals surface area contributed by atoms with Gasteiger partial charge in [0.2, 0.25) is 11.6 Å². The number of hydrogen-bond donors (Lipinski definition) is 1. The van der Waals surface area contributed by atoms with Gasteiger partial charge in [0.25, 0.3) is 5.56 Å². The predicted octanol–water partition coefficient (Wildman–Crippen LogP) is 3.80. The molecule has 0 amide bonds. The molecule has 0 atom stereocenters. The van der Waals surface area contributed by atoms with Gasteiger partial charge in [0.1, 0.15) is 16.8 Å². The van der Waals surface area contributed by atoms with Crippen LogP contribution in [0.5, 0.6) is 5.88 Å². The average Bonchev–Trinajstić information content (AvgIpc) is 3.07. The SMILES string of the molecule is CCOC(=O)c1oc2ccccc2c1N=Cc1c(O)n(CC)c(=S)n(CC)c1=O. The van der Waals surface area contributed by atoms with Gasteiger partial charge in [-0.05, 0) is 45.1 Å². The van der Waals surface area contributed by atoms with Gasteiger partial charge in [-0.2, -0.15) is 0 Å².